The van der Waals surface area contributed by atoms with E-state index in [-0.39, 0.29) is 11.7 Å². The van der Waals surface area contributed by atoms with Crippen LogP contribution in [0.5, 0.6) is 0 Å². The summed E-state index contributed by atoms with van der Waals surface area (Å²) in [7, 11) is -3.76. The van der Waals surface area contributed by atoms with Crippen LogP contribution >= 0.6 is 0 Å². The van der Waals surface area contributed by atoms with E-state index in [1.807, 2.05) is 0 Å². The first-order valence-electron chi connectivity index (χ1n) is 3.74. The highest BCUT2D eigenvalue weighted by atomic mass is 32.2. The molecule has 2 N–H and O–H groups in total. The Kier molecular flexibility index (Phi) is 2.86. The average molecular weight is 179 g/mol. The zero-order valence-corrected chi connectivity index (χ0v) is 7.10. The molecule has 0 aromatic carbocycles. The lowest BCUT2D eigenvalue weighted by molar-refractivity contribution is 0.390. The Morgan fingerprint density at radius 2 is 2.27 bits per heavy atom. The Bertz CT molecular complexity index is 206. The lowest BCUT2D eigenvalue weighted by Crippen LogP contribution is -2.33. The van der Waals surface area contributed by atoms with Crippen molar-refractivity contribution in [3.8, 4) is 0 Å². The molecule has 0 radical (unpaired) electrons. The van der Waals surface area contributed by atoms with Gasteiger partial charge in [0.15, 0.2) is 0 Å². The molecule has 1 heterocycles. The Morgan fingerprint density at radius 3 is 2.73 bits per heavy atom. The van der Waals surface area contributed by atoms with Crippen LogP contribution in [0.1, 0.15) is 12.8 Å². The van der Waals surface area contributed by atoms with Crippen molar-refractivity contribution in [3.05, 3.63) is 0 Å². The van der Waals surface area contributed by atoms with E-state index in [0.29, 0.717) is 6.54 Å². The fourth-order valence-electron chi connectivity index (χ4n) is 1.36. The van der Waals surface area contributed by atoms with Gasteiger partial charge in [-0.3, -0.25) is 4.55 Å². The molecule has 4 nitrogen and oxygen atoms in total. The Labute approximate surface area is 66.7 Å². The van der Waals surface area contributed by atoms with E-state index in [2.05, 4.69) is 5.32 Å². The Hall–Kier alpha value is -0.130. The summed E-state index contributed by atoms with van der Waals surface area (Å²) in [6.07, 6.45) is 1.90. The van der Waals surface area contributed by atoms with Gasteiger partial charge in [-0.2, -0.15) is 8.42 Å². The molecule has 1 unspecified atom stereocenters. The largest absolute Gasteiger partial charge is 0.316 e. The quantitative estimate of drug-likeness (QED) is 0.580. The molecule has 0 aromatic heterocycles. The summed E-state index contributed by atoms with van der Waals surface area (Å²) < 4.78 is 29.4. The number of rotatable bonds is 2. The molecule has 1 atom stereocenters. The molecule has 11 heavy (non-hydrogen) atoms. The molecular weight excluding hydrogens is 166 g/mol. The predicted octanol–water partition coefficient (Wildman–Crippen LogP) is -0.126. The second-order valence-corrected chi connectivity index (χ2v) is 4.46. The third-order valence-electron chi connectivity index (χ3n) is 1.85. The number of hydrogen-bond acceptors (Lipinski definition) is 3. The van der Waals surface area contributed by atoms with Gasteiger partial charge in [0.05, 0.1) is 5.75 Å². The van der Waals surface area contributed by atoms with Crippen molar-refractivity contribution in [2.45, 2.75) is 12.8 Å². The van der Waals surface area contributed by atoms with E-state index in [9.17, 15) is 8.42 Å². The normalized spacial score (nSPS) is 26.8. The summed E-state index contributed by atoms with van der Waals surface area (Å²) in [5, 5.41) is 3.08. The summed E-state index contributed by atoms with van der Waals surface area (Å²) >= 11 is 0. The van der Waals surface area contributed by atoms with Crippen molar-refractivity contribution in [1.29, 1.82) is 0 Å². The van der Waals surface area contributed by atoms with Crippen molar-refractivity contribution in [2.75, 3.05) is 18.8 Å². The highest BCUT2D eigenvalue weighted by Crippen LogP contribution is 2.11. The topological polar surface area (TPSA) is 66.4 Å². The van der Waals surface area contributed by atoms with Crippen LogP contribution in [-0.4, -0.2) is 31.8 Å². The first-order valence-corrected chi connectivity index (χ1v) is 5.35. The van der Waals surface area contributed by atoms with Gasteiger partial charge in [0.2, 0.25) is 0 Å². The minimum atomic E-state index is -3.76. The van der Waals surface area contributed by atoms with E-state index >= 15 is 0 Å². The van der Waals surface area contributed by atoms with E-state index in [4.69, 9.17) is 4.55 Å². The van der Waals surface area contributed by atoms with Crippen LogP contribution in [0.4, 0.5) is 0 Å². The Morgan fingerprint density at radius 1 is 1.55 bits per heavy atom. The average Bonchev–Trinajstić information content (AvgIpc) is 1.85. The second kappa shape index (κ2) is 3.51. The van der Waals surface area contributed by atoms with Crippen LogP contribution in [0.2, 0.25) is 0 Å². The Balaban J connectivity index is 2.36. The van der Waals surface area contributed by atoms with Crippen molar-refractivity contribution in [2.24, 2.45) is 5.92 Å². The molecule has 1 fully saturated rings. The van der Waals surface area contributed by atoms with E-state index in [1.54, 1.807) is 0 Å². The molecular formula is C6H13NO3S. The first-order chi connectivity index (χ1) is 5.08. The zero-order chi connectivity index (χ0) is 8.32. The van der Waals surface area contributed by atoms with Gasteiger partial charge in [0.1, 0.15) is 0 Å². The maximum atomic E-state index is 10.4. The monoisotopic (exact) mass is 179 g/mol. The summed E-state index contributed by atoms with van der Waals surface area (Å²) in [6, 6.07) is 0. The van der Waals surface area contributed by atoms with Crippen LogP contribution < -0.4 is 5.32 Å². The fourth-order valence-corrected chi connectivity index (χ4v) is 2.24. The van der Waals surface area contributed by atoms with Crippen molar-refractivity contribution >= 4 is 10.1 Å². The van der Waals surface area contributed by atoms with Crippen LogP contribution in [0.25, 0.3) is 0 Å². The van der Waals surface area contributed by atoms with Gasteiger partial charge in [-0.15, -0.1) is 0 Å². The van der Waals surface area contributed by atoms with Gasteiger partial charge in [-0.25, -0.2) is 0 Å². The molecule has 0 spiro atoms. The van der Waals surface area contributed by atoms with Crippen molar-refractivity contribution in [1.82, 2.24) is 5.32 Å². The third kappa shape index (κ3) is 3.69. The number of hydrogen-bond donors (Lipinski definition) is 2. The summed E-state index contributed by atoms with van der Waals surface area (Å²) in [5.74, 6) is -0.00116. The lowest BCUT2D eigenvalue weighted by Gasteiger charge is -2.20. The van der Waals surface area contributed by atoms with Gasteiger partial charge in [0, 0.05) is 0 Å². The molecule has 0 bridgehead atoms. The minimum absolute atomic E-state index is 0.0961. The molecule has 5 heteroatoms. The summed E-state index contributed by atoms with van der Waals surface area (Å²) in [6.45, 7) is 1.67. The molecule has 66 valence electrons. The number of nitrogens with one attached hydrogen (secondary N) is 1. The third-order valence-corrected chi connectivity index (χ3v) is 2.74. The first kappa shape index (κ1) is 8.96. The van der Waals surface area contributed by atoms with Crippen LogP contribution in [0, 0.1) is 5.92 Å². The van der Waals surface area contributed by atoms with Crippen LogP contribution in [0.15, 0.2) is 0 Å². The lowest BCUT2D eigenvalue weighted by atomic mass is 10.0. The van der Waals surface area contributed by atoms with E-state index < -0.39 is 10.1 Å². The predicted molar refractivity (Wildman–Crippen MR) is 42.0 cm³/mol. The maximum absolute atomic E-state index is 10.4. The molecule has 0 saturated carbocycles. The van der Waals surface area contributed by atoms with E-state index in [1.165, 1.54) is 0 Å². The standard InChI is InChI=1S/C6H13NO3S/c8-11(9,10)5-6-2-1-3-7-4-6/h6-7H,1-5H2,(H,8,9,10). The van der Waals surface area contributed by atoms with Gasteiger partial charge in [-0.1, -0.05) is 0 Å². The molecule has 0 amide bonds. The fraction of sp³-hybridized carbons (Fsp3) is 1.00. The smallest absolute Gasteiger partial charge is 0.265 e. The second-order valence-electron chi connectivity index (χ2n) is 2.96. The van der Waals surface area contributed by atoms with Crippen LogP contribution in [0.3, 0.4) is 0 Å². The molecule has 1 saturated heterocycles. The molecule has 1 aliphatic rings. The highest BCUT2D eigenvalue weighted by molar-refractivity contribution is 7.85. The van der Waals surface area contributed by atoms with E-state index in [0.717, 1.165) is 19.4 Å². The minimum Gasteiger partial charge on any atom is -0.316 e. The molecule has 0 aliphatic carbocycles. The van der Waals surface area contributed by atoms with Crippen molar-refractivity contribution < 1.29 is 13.0 Å². The molecule has 1 aliphatic heterocycles. The maximum Gasteiger partial charge on any atom is 0.265 e. The summed E-state index contributed by atoms with van der Waals surface area (Å²) in [5.41, 5.74) is 0. The molecule has 1 rings (SSSR count). The van der Waals surface area contributed by atoms with Crippen molar-refractivity contribution in [3.63, 3.8) is 0 Å². The highest BCUT2D eigenvalue weighted by Gasteiger charge is 2.18. The van der Waals surface area contributed by atoms with Gasteiger partial charge in [-0.05, 0) is 31.8 Å². The van der Waals surface area contributed by atoms with Crippen LogP contribution in [-0.2, 0) is 10.1 Å². The van der Waals surface area contributed by atoms with Gasteiger partial charge >= 0.3 is 0 Å². The molecule has 0 aromatic rings. The summed E-state index contributed by atoms with van der Waals surface area (Å²) in [4.78, 5) is 0. The van der Waals surface area contributed by atoms with Gasteiger partial charge < -0.3 is 5.32 Å². The number of piperidine rings is 1. The van der Waals surface area contributed by atoms with Gasteiger partial charge in [0.25, 0.3) is 10.1 Å². The zero-order valence-electron chi connectivity index (χ0n) is 6.28. The SMILES string of the molecule is O=S(=O)(O)CC1CCCNC1.